The maximum absolute atomic E-state index is 12.5. The molecule has 0 unspecified atom stereocenters. The number of carbonyl (C=O) groups excluding carboxylic acids is 1. The average molecular weight is 399 g/mol. The van der Waals surface area contributed by atoms with Crippen LogP contribution >= 0.6 is 23.2 Å². The SMILES string of the molecule is C=CCNC(=O)c1ccccc1NS(=O)(=O)Cc1c(Cl)cccc1Cl. The van der Waals surface area contributed by atoms with Crippen molar-refractivity contribution in [3.8, 4) is 0 Å². The van der Waals surface area contributed by atoms with Gasteiger partial charge < -0.3 is 5.32 Å². The van der Waals surface area contributed by atoms with E-state index in [9.17, 15) is 13.2 Å². The minimum absolute atomic E-state index is 0.173. The van der Waals surface area contributed by atoms with Crippen LogP contribution in [0.5, 0.6) is 0 Å². The van der Waals surface area contributed by atoms with E-state index in [1.165, 1.54) is 18.2 Å². The molecule has 2 aromatic rings. The van der Waals surface area contributed by atoms with Gasteiger partial charge in [-0.3, -0.25) is 9.52 Å². The molecule has 0 atom stereocenters. The average Bonchev–Trinajstić information content (AvgIpc) is 2.56. The van der Waals surface area contributed by atoms with Gasteiger partial charge in [-0.2, -0.15) is 0 Å². The van der Waals surface area contributed by atoms with E-state index in [2.05, 4.69) is 16.6 Å². The van der Waals surface area contributed by atoms with Crippen molar-refractivity contribution >= 4 is 44.8 Å². The molecular weight excluding hydrogens is 383 g/mol. The maximum Gasteiger partial charge on any atom is 0.253 e. The first-order valence-corrected chi connectivity index (χ1v) is 9.66. The molecule has 0 fully saturated rings. The minimum atomic E-state index is -3.83. The fraction of sp³-hybridized carbons (Fsp3) is 0.118. The zero-order valence-electron chi connectivity index (χ0n) is 13.1. The molecule has 2 N–H and O–H groups in total. The van der Waals surface area contributed by atoms with Crippen molar-refractivity contribution in [2.45, 2.75) is 5.75 Å². The smallest absolute Gasteiger partial charge is 0.253 e. The lowest BCUT2D eigenvalue weighted by Gasteiger charge is -2.13. The number of benzene rings is 2. The molecule has 0 heterocycles. The zero-order valence-corrected chi connectivity index (χ0v) is 15.5. The fourth-order valence-electron chi connectivity index (χ4n) is 2.09. The van der Waals surface area contributed by atoms with Crippen molar-refractivity contribution in [1.82, 2.24) is 5.32 Å². The molecular formula is C17H16Cl2N2O3S. The highest BCUT2D eigenvalue weighted by atomic mass is 35.5. The Morgan fingerprint density at radius 2 is 1.72 bits per heavy atom. The van der Waals surface area contributed by atoms with Gasteiger partial charge in [-0.05, 0) is 24.3 Å². The number of hydrogen-bond donors (Lipinski definition) is 2. The highest BCUT2D eigenvalue weighted by Crippen LogP contribution is 2.27. The molecule has 8 heteroatoms. The van der Waals surface area contributed by atoms with E-state index < -0.39 is 21.7 Å². The van der Waals surface area contributed by atoms with E-state index in [0.717, 1.165) is 0 Å². The van der Waals surface area contributed by atoms with Crippen LogP contribution in [0.25, 0.3) is 0 Å². The van der Waals surface area contributed by atoms with E-state index >= 15 is 0 Å². The lowest BCUT2D eigenvalue weighted by Crippen LogP contribution is -2.25. The summed E-state index contributed by atoms with van der Waals surface area (Å²) >= 11 is 12.1. The Morgan fingerprint density at radius 3 is 2.36 bits per heavy atom. The number of hydrogen-bond acceptors (Lipinski definition) is 3. The van der Waals surface area contributed by atoms with Crippen LogP contribution < -0.4 is 10.0 Å². The number of carbonyl (C=O) groups is 1. The maximum atomic E-state index is 12.5. The Morgan fingerprint density at radius 1 is 1.08 bits per heavy atom. The van der Waals surface area contributed by atoms with Crippen molar-refractivity contribution in [2.75, 3.05) is 11.3 Å². The third kappa shape index (κ3) is 5.22. The first-order valence-electron chi connectivity index (χ1n) is 7.25. The Balaban J connectivity index is 2.26. The monoisotopic (exact) mass is 398 g/mol. The predicted octanol–water partition coefficient (Wildman–Crippen LogP) is 3.85. The molecule has 0 bridgehead atoms. The number of nitrogens with one attached hydrogen (secondary N) is 2. The summed E-state index contributed by atoms with van der Waals surface area (Å²) in [5, 5.41) is 3.13. The van der Waals surface area contributed by atoms with Crippen LogP contribution in [-0.4, -0.2) is 20.9 Å². The molecule has 2 aromatic carbocycles. The highest BCUT2D eigenvalue weighted by Gasteiger charge is 2.19. The van der Waals surface area contributed by atoms with Gasteiger partial charge in [-0.1, -0.05) is 47.5 Å². The molecule has 0 aromatic heterocycles. The molecule has 5 nitrogen and oxygen atoms in total. The number of sulfonamides is 1. The number of rotatable bonds is 7. The van der Waals surface area contributed by atoms with Crippen LogP contribution in [0, 0.1) is 0 Å². The van der Waals surface area contributed by atoms with Gasteiger partial charge in [0.15, 0.2) is 0 Å². The molecule has 0 aliphatic carbocycles. The summed E-state index contributed by atoms with van der Waals surface area (Å²) < 4.78 is 27.4. The van der Waals surface area contributed by atoms with E-state index in [4.69, 9.17) is 23.2 Å². The van der Waals surface area contributed by atoms with Gasteiger partial charge in [0.2, 0.25) is 10.0 Å². The minimum Gasteiger partial charge on any atom is -0.349 e. The van der Waals surface area contributed by atoms with Crippen molar-refractivity contribution in [2.24, 2.45) is 0 Å². The fourth-order valence-corrected chi connectivity index (χ4v) is 4.06. The lowest BCUT2D eigenvalue weighted by atomic mass is 10.1. The molecule has 0 aliphatic rings. The highest BCUT2D eigenvalue weighted by molar-refractivity contribution is 7.91. The normalized spacial score (nSPS) is 11.0. The number of anilines is 1. The third-order valence-electron chi connectivity index (χ3n) is 3.24. The van der Waals surface area contributed by atoms with Crippen molar-refractivity contribution in [3.63, 3.8) is 0 Å². The number of halogens is 2. The van der Waals surface area contributed by atoms with Gasteiger partial charge in [0.25, 0.3) is 5.91 Å². The van der Waals surface area contributed by atoms with Gasteiger partial charge in [0, 0.05) is 22.2 Å². The van der Waals surface area contributed by atoms with Crippen molar-refractivity contribution in [3.05, 3.63) is 76.3 Å². The van der Waals surface area contributed by atoms with Gasteiger partial charge >= 0.3 is 0 Å². The summed E-state index contributed by atoms with van der Waals surface area (Å²) in [6.45, 7) is 3.79. The summed E-state index contributed by atoms with van der Waals surface area (Å²) in [6.07, 6.45) is 1.53. The molecule has 0 saturated heterocycles. The van der Waals surface area contributed by atoms with E-state index in [1.807, 2.05) is 0 Å². The van der Waals surface area contributed by atoms with Crippen LogP contribution in [0.4, 0.5) is 5.69 Å². The molecule has 0 spiro atoms. The second-order valence-corrected chi connectivity index (χ2v) is 7.64. The summed E-state index contributed by atoms with van der Waals surface area (Å²) in [5.74, 6) is -0.817. The summed E-state index contributed by atoms with van der Waals surface area (Å²) in [4.78, 5) is 12.1. The molecule has 25 heavy (non-hydrogen) atoms. The molecule has 132 valence electrons. The van der Waals surface area contributed by atoms with Gasteiger partial charge in [-0.25, -0.2) is 8.42 Å². The van der Waals surface area contributed by atoms with Crippen molar-refractivity contribution < 1.29 is 13.2 Å². The van der Waals surface area contributed by atoms with Crippen LogP contribution in [0.2, 0.25) is 10.0 Å². The quantitative estimate of drug-likeness (QED) is 0.695. The first-order chi connectivity index (χ1) is 11.8. The molecule has 0 aliphatic heterocycles. The van der Waals surface area contributed by atoms with Crippen molar-refractivity contribution in [1.29, 1.82) is 0 Å². The largest absolute Gasteiger partial charge is 0.349 e. The summed E-state index contributed by atoms with van der Waals surface area (Å²) in [5.41, 5.74) is 0.678. The van der Waals surface area contributed by atoms with E-state index in [-0.39, 0.29) is 27.8 Å². The molecule has 1 amide bonds. The summed E-state index contributed by atoms with van der Waals surface area (Å²) in [6, 6.07) is 11.1. The Kier molecular flexibility index (Phi) is 6.47. The Hall–Kier alpha value is -2.02. The Bertz CT molecular complexity index is 878. The van der Waals surface area contributed by atoms with Gasteiger partial charge in [-0.15, -0.1) is 6.58 Å². The molecule has 0 radical (unpaired) electrons. The molecule has 0 saturated carbocycles. The lowest BCUT2D eigenvalue weighted by molar-refractivity contribution is 0.0959. The van der Waals surface area contributed by atoms with Crippen LogP contribution in [0.3, 0.4) is 0 Å². The second-order valence-electron chi connectivity index (χ2n) is 5.11. The van der Waals surface area contributed by atoms with Gasteiger partial charge in [0.1, 0.15) is 0 Å². The predicted molar refractivity (Wildman–Crippen MR) is 102 cm³/mol. The standard InChI is InChI=1S/C17H16Cl2N2O3S/c1-2-10-20-17(22)12-6-3-4-9-16(12)21-25(23,24)11-13-14(18)7-5-8-15(13)19/h2-9,21H,1,10-11H2,(H,20,22). The number of para-hydroxylation sites is 1. The van der Waals surface area contributed by atoms with Gasteiger partial charge in [0.05, 0.1) is 17.0 Å². The van der Waals surface area contributed by atoms with E-state index in [1.54, 1.807) is 30.3 Å². The first kappa shape index (κ1) is 19.3. The van der Waals surface area contributed by atoms with Crippen LogP contribution in [-0.2, 0) is 15.8 Å². The number of amides is 1. The van der Waals surface area contributed by atoms with E-state index in [0.29, 0.717) is 5.56 Å². The Labute approximate surface area is 156 Å². The van der Waals surface area contributed by atoms with Crippen LogP contribution in [0.1, 0.15) is 15.9 Å². The van der Waals surface area contributed by atoms with Crippen LogP contribution in [0.15, 0.2) is 55.1 Å². The zero-order chi connectivity index (χ0) is 18.4. The second kappa shape index (κ2) is 8.38. The molecule has 2 rings (SSSR count). The summed E-state index contributed by atoms with van der Waals surface area (Å²) in [7, 11) is -3.83. The topological polar surface area (TPSA) is 75.3 Å². The third-order valence-corrected chi connectivity index (χ3v) is 5.15.